The summed E-state index contributed by atoms with van der Waals surface area (Å²) in [6.07, 6.45) is 1.54. The van der Waals surface area contributed by atoms with Gasteiger partial charge >= 0.3 is 0 Å². The Balaban J connectivity index is 2.58. The summed E-state index contributed by atoms with van der Waals surface area (Å²) in [4.78, 5) is 14.0. The number of aliphatic hydroxyl groups excluding tert-OH is 1. The molecule has 0 aliphatic rings. The molecule has 1 rings (SSSR count). The highest BCUT2D eigenvalue weighted by Gasteiger charge is 2.09. The van der Waals surface area contributed by atoms with Crippen LogP contribution in [0.3, 0.4) is 0 Å². The lowest BCUT2D eigenvalue weighted by molar-refractivity contribution is 0.0918. The Bertz CT molecular complexity index is 295. The SMILES string of the molecule is C[C@@H](CO)NC(=O)c1cc(N)c[nH]1. The minimum Gasteiger partial charge on any atom is -0.397 e. The van der Waals surface area contributed by atoms with Crippen LogP contribution >= 0.6 is 0 Å². The van der Waals surface area contributed by atoms with E-state index in [2.05, 4.69) is 10.3 Å². The maximum Gasteiger partial charge on any atom is 0.268 e. The van der Waals surface area contributed by atoms with Crippen LogP contribution in [-0.2, 0) is 0 Å². The Morgan fingerprint density at radius 3 is 3.00 bits per heavy atom. The molecule has 72 valence electrons. The zero-order chi connectivity index (χ0) is 9.84. The Morgan fingerprint density at radius 2 is 2.54 bits per heavy atom. The highest BCUT2D eigenvalue weighted by atomic mass is 16.3. The standard InChI is InChI=1S/C8H13N3O2/c1-5(4-12)11-8(13)7-2-6(9)3-10-7/h2-3,5,10,12H,4,9H2,1H3,(H,11,13)/t5-/m0/s1. The molecule has 5 N–H and O–H groups in total. The van der Waals surface area contributed by atoms with E-state index in [9.17, 15) is 4.79 Å². The van der Waals surface area contributed by atoms with Gasteiger partial charge < -0.3 is 21.1 Å². The Labute approximate surface area is 75.9 Å². The van der Waals surface area contributed by atoms with Crippen molar-refractivity contribution in [2.45, 2.75) is 13.0 Å². The molecule has 0 saturated carbocycles. The topological polar surface area (TPSA) is 91.1 Å². The van der Waals surface area contributed by atoms with E-state index in [0.29, 0.717) is 11.4 Å². The van der Waals surface area contributed by atoms with Crippen molar-refractivity contribution in [1.82, 2.24) is 10.3 Å². The van der Waals surface area contributed by atoms with Crippen molar-refractivity contribution >= 4 is 11.6 Å². The number of hydrogen-bond acceptors (Lipinski definition) is 3. The van der Waals surface area contributed by atoms with Gasteiger partial charge in [0.25, 0.3) is 5.91 Å². The fourth-order valence-electron chi connectivity index (χ4n) is 0.889. The maximum absolute atomic E-state index is 11.3. The summed E-state index contributed by atoms with van der Waals surface area (Å²) in [5.41, 5.74) is 6.34. The lowest BCUT2D eigenvalue weighted by Gasteiger charge is -2.08. The van der Waals surface area contributed by atoms with Crippen molar-refractivity contribution in [2.24, 2.45) is 0 Å². The quantitative estimate of drug-likeness (QED) is 0.519. The molecule has 5 nitrogen and oxygen atoms in total. The number of nitrogens with two attached hydrogens (primary N) is 1. The third kappa shape index (κ3) is 2.48. The minimum absolute atomic E-state index is 0.0814. The van der Waals surface area contributed by atoms with E-state index in [1.807, 2.05) is 0 Å². The summed E-state index contributed by atoms with van der Waals surface area (Å²) in [5, 5.41) is 11.3. The molecule has 0 unspecified atom stereocenters. The molecule has 1 amide bonds. The Kier molecular flexibility index (Phi) is 2.92. The number of H-pyrrole nitrogens is 1. The second-order valence-electron chi connectivity index (χ2n) is 2.90. The van der Waals surface area contributed by atoms with Crippen LogP contribution in [0.25, 0.3) is 0 Å². The molecular weight excluding hydrogens is 170 g/mol. The summed E-state index contributed by atoms with van der Waals surface area (Å²) in [7, 11) is 0. The minimum atomic E-state index is -0.266. The van der Waals surface area contributed by atoms with Crippen LogP contribution < -0.4 is 11.1 Å². The molecule has 1 atom stereocenters. The van der Waals surface area contributed by atoms with E-state index < -0.39 is 0 Å². The zero-order valence-corrected chi connectivity index (χ0v) is 7.37. The van der Waals surface area contributed by atoms with Crippen LogP contribution in [-0.4, -0.2) is 28.6 Å². The monoisotopic (exact) mass is 183 g/mol. The first-order valence-electron chi connectivity index (χ1n) is 3.99. The lowest BCUT2D eigenvalue weighted by atomic mass is 10.3. The maximum atomic E-state index is 11.3. The van der Waals surface area contributed by atoms with Crippen LogP contribution in [0.15, 0.2) is 12.3 Å². The number of nitrogens with one attached hydrogen (secondary N) is 2. The molecule has 0 aliphatic heterocycles. The van der Waals surface area contributed by atoms with Crippen LogP contribution in [0.2, 0.25) is 0 Å². The number of nitrogen functional groups attached to an aromatic ring is 1. The van der Waals surface area contributed by atoms with Crippen LogP contribution in [0.4, 0.5) is 5.69 Å². The highest BCUT2D eigenvalue weighted by molar-refractivity contribution is 5.93. The summed E-state index contributed by atoms with van der Waals surface area (Å²) in [5.74, 6) is -0.266. The molecule has 0 bridgehead atoms. The van der Waals surface area contributed by atoms with Gasteiger partial charge in [-0.05, 0) is 13.0 Å². The van der Waals surface area contributed by atoms with Gasteiger partial charge in [-0.1, -0.05) is 0 Å². The predicted molar refractivity (Wildman–Crippen MR) is 49.2 cm³/mol. The second-order valence-corrected chi connectivity index (χ2v) is 2.90. The molecule has 0 aromatic carbocycles. The van der Waals surface area contributed by atoms with Crippen molar-refractivity contribution in [2.75, 3.05) is 12.3 Å². The fraction of sp³-hybridized carbons (Fsp3) is 0.375. The molecule has 0 saturated heterocycles. The normalized spacial score (nSPS) is 12.5. The molecule has 1 heterocycles. The first-order valence-corrected chi connectivity index (χ1v) is 3.99. The summed E-state index contributed by atoms with van der Waals surface area (Å²) in [6, 6.07) is 1.29. The molecule has 0 aliphatic carbocycles. The Morgan fingerprint density at radius 1 is 1.85 bits per heavy atom. The van der Waals surface area contributed by atoms with E-state index in [1.165, 1.54) is 0 Å². The predicted octanol–water partition coefficient (Wildman–Crippen LogP) is -0.293. The van der Waals surface area contributed by atoms with Crippen molar-refractivity contribution in [3.05, 3.63) is 18.0 Å². The van der Waals surface area contributed by atoms with Gasteiger partial charge in [0.1, 0.15) is 5.69 Å². The number of carbonyl (C=O) groups is 1. The van der Waals surface area contributed by atoms with Crippen molar-refractivity contribution in [1.29, 1.82) is 0 Å². The van der Waals surface area contributed by atoms with Gasteiger partial charge in [-0.25, -0.2) is 0 Å². The highest BCUT2D eigenvalue weighted by Crippen LogP contribution is 2.04. The number of hydrogen-bond donors (Lipinski definition) is 4. The number of aromatic amines is 1. The Hall–Kier alpha value is -1.49. The smallest absolute Gasteiger partial charge is 0.268 e. The summed E-state index contributed by atoms with van der Waals surface area (Å²) < 4.78 is 0. The van der Waals surface area contributed by atoms with E-state index >= 15 is 0 Å². The third-order valence-corrected chi connectivity index (χ3v) is 1.60. The average Bonchev–Trinajstić information content (AvgIpc) is 2.51. The van der Waals surface area contributed by atoms with Crippen molar-refractivity contribution in [3.8, 4) is 0 Å². The van der Waals surface area contributed by atoms with Gasteiger partial charge in [-0.3, -0.25) is 4.79 Å². The first kappa shape index (κ1) is 9.60. The van der Waals surface area contributed by atoms with Crippen LogP contribution in [0, 0.1) is 0 Å². The van der Waals surface area contributed by atoms with E-state index in [4.69, 9.17) is 10.8 Å². The van der Waals surface area contributed by atoms with Gasteiger partial charge in [-0.15, -0.1) is 0 Å². The van der Waals surface area contributed by atoms with E-state index in [0.717, 1.165) is 0 Å². The molecule has 1 aromatic rings. The molecular formula is C8H13N3O2. The molecule has 13 heavy (non-hydrogen) atoms. The summed E-state index contributed by atoms with van der Waals surface area (Å²) in [6.45, 7) is 1.63. The van der Waals surface area contributed by atoms with Gasteiger partial charge in [0.15, 0.2) is 0 Å². The molecule has 1 aromatic heterocycles. The van der Waals surface area contributed by atoms with E-state index in [-0.39, 0.29) is 18.6 Å². The second kappa shape index (κ2) is 3.95. The van der Waals surface area contributed by atoms with Crippen molar-refractivity contribution in [3.63, 3.8) is 0 Å². The third-order valence-electron chi connectivity index (χ3n) is 1.60. The number of amides is 1. The largest absolute Gasteiger partial charge is 0.397 e. The van der Waals surface area contributed by atoms with Crippen LogP contribution in [0.5, 0.6) is 0 Å². The number of aromatic nitrogens is 1. The molecule has 5 heteroatoms. The summed E-state index contributed by atoms with van der Waals surface area (Å²) >= 11 is 0. The van der Waals surface area contributed by atoms with E-state index in [1.54, 1.807) is 19.2 Å². The lowest BCUT2D eigenvalue weighted by Crippen LogP contribution is -2.35. The number of carbonyl (C=O) groups excluding carboxylic acids is 1. The first-order chi connectivity index (χ1) is 6.13. The number of rotatable bonds is 3. The number of anilines is 1. The van der Waals surface area contributed by atoms with Crippen molar-refractivity contribution < 1.29 is 9.90 Å². The molecule has 0 fully saturated rings. The average molecular weight is 183 g/mol. The van der Waals surface area contributed by atoms with Gasteiger partial charge in [0, 0.05) is 17.9 Å². The van der Waals surface area contributed by atoms with Gasteiger partial charge in [0.2, 0.25) is 0 Å². The van der Waals surface area contributed by atoms with Crippen LogP contribution in [0.1, 0.15) is 17.4 Å². The van der Waals surface area contributed by atoms with Gasteiger partial charge in [0.05, 0.1) is 6.61 Å². The molecule has 0 spiro atoms. The molecule has 0 radical (unpaired) electrons. The number of aliphatic hydroxyl groups is 1. The fourth-order valence-corrected chi connectivity index (χ4v) is 0.889. The van der Waals surface area contributed by atoms with Gasteiger partial charge in [-0.2, -0.15) is 0 Å². The zero-order valence-electron chi connectivity index (χ0n) is 7.37.